The molecule has 24 heavy (non-hydrogen) atoms. The zero-order chi connectivity index (χ0) is 16.7. The van der Waals surface area contributed by atoms with Crippen LogP contribution in [0.15, 0.2) is 47.5 Å². The van der Waals surface area contributed by atoms with Gasteiger partial charge >= 0.3 is 0 Å². The van der Waals surface area contributed by atoms with E-state index in [9.17, 15) is 4.79 Å². The number of hydrogen-bond donors (Lipinski definition) is 0. The van der Waals surface area contributed by atoms with Gasteiger partial charge in [0.2, 0.25) is 6.10 Å². The molecule has 0 saturated carbocycles. The number of carbonyl (C=O) groups is 1. The molecular weight excluding hydrogens is 324 g/mol. The molecule has 0 fully saturated rings. The molecule has 1 amide bonds. The largest absolute Gasteiger partial charge is 0.485 e. The summed E-state index contributed by atoms with van der Waals surface area (Å²) < 4.78 is 14.4. The molecule has 0 spiro atoms. The molecule has 0 unspecified atom stereocenters. The van der Waals surface area contributed by atoms with Gasteiger partial charge < -0.3 is 14.0 Å². The van der Waals surface area contributed by atoms with Crippen LogP contribution in [-0.2, 0) is 11.8 Å². The van der Waals surface area contributed by atoms with Gasteiger partial charge in [-0.2, -0.15) is 4.99 Å². The highest BCUT2D eigenvalue weighted by Crippen LogP contribution is 2.31. The van der Waals surface area contributed by atoms with Gasteiger partial charge in [-0.05, 0) is 30.7 Å². The van der Waals surface area contributed by atoms with E-state index < -0.39 is 6.10 Å². The van der Waals surface area contributed by atoms with E-state index >= 15 is 0 Å². The Balaban J connectivity index is 1.68. The Labute approximate surface area is 142 Å². The Morgan fingerprint density at radius 1 is 1.21 bits per heavy atom. The lowest BCUT2D eigenvalue weighted by atomic mass is 10.2. The third-order valence-corrected chi connectivity index (χ3v) is 5.11. The van der Waals surface area contributed by atoms with Gasteiger partial charge in [0, 0.05) is 7.05 Å². The van der Waals surface area contributed by atoms with E-state index in [0.29, 0.717) is 16.3 Å². The van der Waals surface area contributed by atoms with Crippen LogP contribution in [0.2, 0.25) is 0 Å². The van der Waals surface area contributed by atoms with Gasteiger partial charge in [-0.3, -0.25) is 4.79 Å². The second-order valence-corrected chi connectivity index (χ2v) is 6.69. The van der Waals surface area contributed by atoms with E-state index in [4.69, 9.17) is 9.47 Å². The van der Waals surface area contributed by atoms with Crippen LogP contribution in [0.4, 0.5) is 0 Å². The van der Waals surface area contributed by atoms with Gasteiger partial charge in [-0.25, -0.2) is 0 Å². The average Bonchev–Trinajstić information content (AvgIpc) is 2.91. The molecule has 0 aliphatic carbocycles. The maximum Gasteiger partial charge on any atom is 0.292 e. The number of aromatic nitrogens is 1. The SMILES string of the molecule is Cc1cccc2sc(=NC(=O)[C@H]3COc4ccccc4O3)n(C)c12. The van der Waals surface area contributed by atoms with Crippen molar-refractivity contribution < 1.29 is 14.3 Å². The van der Waals surface area contributed by atoms with E-state index in [0.717, 1.165) is 15.8 Å². The average molecular weight is 340 g/mol. The van der Waals surface area contributed by atoms with Crippen LogP contribution in [0.1, 0.15) is 5.56 Å². The summed E-state index contributed by atoms with van der Waals surface area (Å²) in [6.45, 7) is 2.22. The van der Waals surface area contributed by atoms with Gasteiger partial charge in [-0.15, -0.1) is 0 Å². The van der Waals surface area contributed by atoms with Crippen molar-refractivity contribution in [1.29, 1.82) is 0 Å². The molecule has 1 aliphatic rings. The van der Waals surface area contributed by atoms with Gasteiger partial charge in [0.05, 0.1) is 10.2 Å². The van der Waals surface area contributed by atoms with Crippen LogP contribution in [0, 0.1) is 6.92 Å². The highest BCUT2D eigenvalue weighted by Gasteiger charge is 2.27. The van der Waals surface area contributed by atoms with Crippen molar-refractivity contribution >= 4 is 27.5 Å². The number of carbonyl (C=O) groups excluding carboxylic acids is 1. The number of thiazole rings is 1. The first-order chi connectivity index (χ1) is 11.6. The number of nitrogens with zero attached hydrogens (tertiary/aromatic N) is 2. The van der Waals surface area contributed by atoms with Crippen molar-refractivity contribution in [2.75, 3.05) is 6.61 Å². The molecule has 3 aromatic rings. The maximum atomic E-state index is 12.5. The van der Waals surface area contributed by atoms with E-state index in [2.05, 4.69) is 18.0 Å². The van der Waals surface area contributed by atoms with Crippen molar-refractivity contribution in [3.05, 3.63) is 52.8 Å². The number of amides is 1. The number of benzene rings is 2. The Hall–Kier alpha value is -2.60. The second-order valence-electron chi connectivity index (χ2n) is 5.68. The van der Waals surface area contributed by atoms with Gasteiger partial charge in [0.15, 0.2) is 16.3 Å². The topological polar surface area (TPSA) is 52.8 Å². The highest BCUT2D eigenvalue weighted by molar-refractivity contribution is 7.16. The van der Waals surface area contributed by atoms with Gasteiger partial charge in [-0.1, -0.05) is 35.6 Å². The molecule has 6 heteroatoms. The predicted octanol–water partition coefficient (Wildman–Crippen LogP) is 2.82. The van der Waals surface area contributed by atoms with Crippen LogP contribution in [0.5, 0.6) is 11.5 Å². The number of fused-ring (bicyclic) bond motifs is 2. The third-order valence-electron chi connectivity index (χ3n) is 4.01. The molecule has 4 rings (SSSR count). The zero-order valence-corrected chi connectivity index (χ0v) is 14.2. The molecule has 0 bridgehead atoms. The van der Waals surface area contributed by atoms with Gasteiger partial charge in [0.25, 0.3) is 5.91 Å². The van der Waals surface area contributed by atoms with Crippen LogP contribution in [0.25, 0.3) is 10.2 Å². The summed E-state index contributed by atoms with van der Waals surface area (Å²) in [7, 11) is 1.92. The third kappa shape index (κ3) is 2.49. The molecule has 0 N–H and O–H groups in total. The lowest BCUT2D eigenvalue weighted by Crippen LogP contribution is -2.36. The van der Waals surface area contributed by atoms with Crippen molar-refractivity contribution in [2.45, 2.75) is 13.0 Å². The monoisotopic (exact) mass is 340 g/mol. The van der Waals surface area contributed by atoms with E-state index in [1.54, 1.807) is 6.07 Å². The van der Waals surface area contributed by atoms with Crippen molar-refractivity contribution in [3.63, 3.8) is 0 Å². The minimum absolute atomic E-state index is 0.174. The predicted molar refractivity (Wildman–Crippen MR) is 92.5 cm³/mol. The normalized spacial score (nSPS) is 17.2. The number of hydrogen-bond acceptors (Lipinski definition) is 4. The minimum atomic E-state index is -0.716. The Morgan fingerprint density at radius 2 is 2.00 bits per heavy atom. The fraction of sp³-hybridized carbons (Fsp3) is 0.222. The summed E-state index contributed by atoms with van der Waals surface area (Å²) in [6, 6.07) is 13.4. The van der Waals surface area contributed by atoms with E-state index in [1.807, 2.05) is 41.9 Å². The molecule has 2 heterocycles. The van der Waals surface area contributed by atoms with Crippen LogP contribution >= 0.6 is 11.3 Å². The highest BCUT2D eigenvalue weighted by atomic mass is 32.1. The molecule has 0 radical (unpaired) electrons. The smallest absolute Gasteiger partial charge is 0.292 e. The summed E-state index contributed by atoms with van der Waals surface area (Å²) in [5.41, 5.74) is 2.26. The Morgan fingerprint density at radius 3 is 2.79 bits per heavy atom. The molecule has 1 aromatic heterocycles. The molecular formula is C18H16N2O3S. The summed E-state index contributed by atoms with van der Waals surface area (Å²) in [5.74, 6) is 0.905. The summed E-state index contributed by atoms with van der Waals surface area (Å²) >= 11 is 1.50. The number of rotatable bonds is 1. The van der Waals surface area contributed by atoms with E-state index in [-0.39, 0.29) is 12.5 Å². The van der Waals surface area contributed by atoms with Gasteiger partial charge in [0.1, 0.15) is 6.61 Å². The standard InChI is InChI=1S/C18H16N2O3S/c1-11-6-5-9-15-16(11)20(2)18(24-15)19-17(21)14-10-22-12-7-3-4-8-13(12)23-14/h3-9,14H,10H2,1-2H3/t14-/m1/s1. The first-order valence-corrected chi connectivity index (χ1v) is 8.47. The number of ether oxygens (including phenoxy) is 2. The summed E-state index contributed by atoms with van der Waals surface area (Å²) in [6.07, 6.45) is -0.716. The Bertz CT molecular complexity index is 1000. The van der Waals surface area contributed by atoms with Crippen LogP contribution in [0.3, 0.4) is 0 Å². The number of aryl methyl sites for hydroxylation is 2. The lowest BCUT2D eigenvalue weighted by Gasteiger charge is -2.23. The van der Waals surface area contributed by atoms with Crippen molar-refractivity contribution in [2.24, 2.45) is 12.0 Å². The molecule has 1 atom stereocenters. The quantitative estimate of drug-likeness (QED) is 0.684. The van der Waals surface area contributed by atoms with Crippen LogP contribution in [-0.4, -0.2) is 23.2 Å². The van der Waals surface area contributed by atoms with Crippen molar-refractivity contribution in [3.8, 4) is 11.5 Å². The van der Waals surface area contributed by atoms with E-state index in [1.165, 1.54) is 11.3 Å². The first kappa shape index (κ1) is 15.0. The number of para-hydroxylation sites is 3. The fourth-order valence-electron chi connectivity index (χ4n) is 2.81. The molecule has 122 valence electrons. The minimum Gasteiger partial charge on any atom is -0.485 e. The maximum absolute atomic E-state index is 12.5. The second kappa shape index (κ2) is 5.79. The summed E-state index contributed by atoms with van der Waals surface area (Å²) in [5, 5.41) is 0. The summed E-state index contributed by atoms with van der Waals surface area (Å²) in [4.78, 5) is 17.4. The van der Waals surface area contributed by atoms with Crippen molar-refractivity contribution in [1.82, 2.24) is 4.57 Å². The molecule has 2 aromatic carbocycles. The zero-order valence-electron chi connectivity index (χ0n) is 13.4. The lowest BCUT2D eigenvalue weighted by molar-refractivity contribution is -0.127. The van der Waals surface area contributed by atoms with Crippen LogP contribution < -0.4 is 14.3 Å². The molecule has 1 aliphatic heterocycles. The molecule has 5 nitrogen and oxygen atoms in total. The Kier molecular flexibility index (Phi) is 3.61. The first-order valence-electron chi connectivity index (χ1n) is 7.65. The fourth-order valence-corrected chi connectivity index (χ4v) is 3.91. The molecule has 0 saturated heterocycles.